The molecule has 0 bridgehead atoms. The van der Waals surface area contributed by atoms with Crippen LogP contribution in [-0.2, 0) is 21.1 Å². The quantitative estimate of drug-likeness (QED) is 0.698. The van der Waals surface area contributed by atoms with Crippen molar-refractivity contribution in [3.63, 3.8) is 0 Å². The molecule has 0 N–H and O–H groups in total. The summed E-state index contributed by atoms with van der Waals surface area (Å²) in [7, 11) is 0.0392. The van der Waals surface area contributed by atoms with Crippen LogP contribution in [0.1, 0.15) is 5.56 Å². The number of para-hydroxylation sites is 1. The maximum atomic E-state index is 12.7. The number of amidine groups is 1. The Kier molecular flexibility index (Phi) is 5.75. The standard InChI is InChI=1S/C21H22N2O5S2/c1-27-16-9-7-15(8-10-16)23-17-12-30(25,26)13-19(17)29-21(23)22-20(24)11-14-5-3-4-6-18(14)28-2/h3-10,17,19H,11-13H2,1-2H3/t17-,19+/m0/s1. The summed E-state index contributed by atoms with van der Waals surface area (Å²) in [5.74, 6) is 1.18. The van der Waals surface area contributed by atoms with Crippen LogP contribution in [0.5, 0.6) is 11.5 Å². The summed E-state index contributed by atoms with van der Waals surface area (Å²) < 4.78 is 34.9. The van der Waals surface area contributed by atoms with Gasteiger partial charge in [-0.3, -0.25) is 4.79 Å². The molecule has 4 rings (SSSR count). The maximum absolute atomic E-state index is 12.7. The molecule has 2 aromatic rings. The number of hydrogen-bond donors (Lipinski definition) is 0. The van der Waals surface area contributed by atoms with Crippen molar-refractivity contribution in [2.75, 3.05) is 30.6 Å². The van der Waals surface area contributed by atoms with Crippen molar-refractivity contribution in [2.45, 2.75) is 17.7 Å². The number of thioether (sulfide) groups is 1. The first kappa shape index (κ1) is 20.7. The third kappa shape index (κ3) is 4.17. The van der Waals surface area contributed by atoms with Crippen LogP contribution in [-0.4, -0.2) is 56.5 Å². The van der Waals surface area contributed by atoms with Gasteiger partial charge < -0.3 is 14.4 Å². The average Bonchev–Trinajstić information content (AvgIpc) is 3.19. The molecule has 2 aliphatic heterocycles. The first-order valence-electron chi connectivity index (χ1n) is 9.44. The van der Waals surface area contributed by atoms with Gasteiger partial charge in [0.1, 0.15) is 11.5 Å². The number of ether oxygens (including phenoxy) is 2. The first-order chi connectivity index (χ1) is 14.4. The van der Waals surface area contributed by atoms with Gasteiger partial charge in [0, 0.05) is 16.5 Å². The lowest BCUT2D eigenvalue weighted by Crippen LogP contribution is -2.37. The van der Waals surface area contributed by atoms with E-state index in [1.807, 2.05) is 47.4 Å². The summed E-state index contributed by atoms with van der Waals surface area (Å²) in [5.41, 5.74) is 1.55. The van der Waals surface area contributed by atoms with Gasteiger partial charge in [-0.1, -0.05) is 30.0 Å². The molecule has 2 aliphatic rings. The third-order valence-electron chi connectivity index (χ3n) is 5.17. The monoisotopic (exact) mass is 446 g/mol. The fourth-order valence-corrected chi connectivity index (χ4v) is 7.70. The van der Waals surface area contributed by atoms with E-state index >= 15 is 0 Å². The second-order valence-corrected chi connectivity index (χ2v) is 10.5. The molecule has 0 saturated carbocycles. The Hall–Kier alpha value is -2.52. The van der Waals surface area contributed by atoms with Gasteiger partial charge in [0.2, 0.25) is 0 Å². The van der Waals surface area contributed by atoms with Crippen LogP contribution < -0.4 is 14.4 Å². The van der Waals surface area contributed by atoms with E-state index in [1.54, 1.807) is 20.3 Å². The zero-order chi connectivity index (χ0) is 21.3. The molecular formula is C21H22N2O5S2. The fraction of sp³-hybridized carbons (Fsp3) is 0.333. The smallest absolute Gasteiger partial charge is 0.252 e. The number of benzene rings is 2. The molecule has 2 heterocycles. The predicted octanol–water partition coefficient (Wildman–Crippen LogP) is 2.55. The molecule has 0 spiro atoms. The normalized spacial score (nSPS) is 23.4. The van der Waals surface area contributed by atoms with Gasteiger partial charge in [-0.15, -0.1) is 0 Å². The molecule has 158 valence electrons. The Balaban J connectivity index is 1.64. The first-order valence-corrected chi connectivity index (χ1v) is 12.1. The summed E-state index contributed by atoms with van der Waals surface area (Å²) >= 11 is 1.36. The Morgan fingerprint density at radius 3 is 2.53 bits per heavy atom. The summed E-state index contributed by atoms with van der Waals surface area (Å²) in [6.07, 6.45) is 0.109. The lowest BCUT2D eigenvalue weighted by Gasteiger charge is -2.24. The van der Waals surface area contributed by atoms with E-state index in [0.29, 0.717) is 16.7 Å². The second kappa shape index (κ2) is 8.31. The lowest BCUT2D eigenvalue weighted by atomic mass is 10.1. The van der Waals surface area contributed by atoms with Crippen molar-refractivity contribution in [1.82, 2.24) is 0 Å². The van der Waals surface area contributed by atoms with Crippen molar-refractivity contribution in [1.29, 1.82) is 0 Å². The van der Waals surface area contributed by atoms with Crippen molar-refractivity contribution >= 4 is 38.4 Å². The van der Waals surface area contributed by atoms with E-state index in [1.165, 1.54) is 11.8 Å². The van der Waals surface area contributed by atoms with Gasteiger partial charge >= 0.3 is 0 Å². The van der Waals surface area contributed by atoms with Gasteiger partial charge in [0.15, 0.2) is 15.0 Å². The largest absolute Gasteiger partial charge is 0.497 e. The van der Waals surface area contributed by atoms with Crippen molar-refractivity contribution in [3.8, 4) is 11.5 Å². The number of sulfone groups is 1. The fourth-order valence-electron chi connectivity index (χ4n) is 3.77. The minimum Gasteiger partial charge on any atom is -0.497 e. The molecule has 0 aromatic heterocycles. The van der Waals surface area contributed by atoms with Gasteiger partial charge in [-0.05, 0) is 30.3 Å². The SMILES string of the molecule is COc1ccc(N2C(=NC(=O)Cc3ccccc3OC)S[C@@H]3CS(=O)(=O)C[C@@H]32)cc1. The van der Waals surface area contributed by atoms with Crippen LogP contribution in [0.4, 0.5) is 5.69 Å². The van der Waals surface area contributed by atoms with Crippen LogP contribution in [0.2, 0.25) is 0 Å². The summed E-state index contributed by atoms with van der Waals surface area (Å²) in [5, 5.41) is 0.389. The van der Waals surface area contributed by atoms with E-state index in [9.17, 15) is 13.2 Å². The average molecular weight is 447 g/mol. The minimum absolute atomic E-state index is 0.0520. The summed E-state index contributed by atoms with van der Waals surface area (Å²) in [6.45, 7) is 0. The summed E-state index contributed by atoms with van der Waals surface area (Å²) in [6, 6.07) is 14.4. The molecule has 30 heavy (non-hydrogen) atoms. The number of carbonyl (C=O) groups excluding carboxylic acids is 1. The van der Waals surface area contributed by atoms with Crippen LogP contribution in [0.25, 0.3) is 0 Å². The number of anilines is 1. The number of aliphatic imine (C=N–C) groups is 1. The molecule has 2 fully saturated rings. The van der Waals surface area contributed by atoms with Crippen LogP contribution >= 0.6 is 11.8 Å². The number of carbonyl (C=O) groups is 1. The Morgan fingerprint density at radius 2 is 1.83 bits per heavy atom. The number of nitrogens with zero attached hydrogens (tertiary/aromatic N) is 2. The van der Waals surface area contributed by atoms with Crippen molar-refractivity contribution in [2.24, 2.45) is 4.99 Å². The molecule has 2 saturated heterocycles. The number of fused-ring (bicyclic) bond motifs is 1. The Bertz CT molecular complexity index is 1080. The van der Waals surface area contributed by atoms with Crippen molar-refractivity contribution in [3.05, 3.63) is 54.1 Å². The van der Waals surface area contributed by atoms with E-state index in [2.05, 4.69) is 4.99 Å². The van der Waals surface area contributed by atoms with E-state index < -0.39 is 9.84 Å². The van der Waals surface area contributed by atoms with Gasteiger partial charge in [0.25, 0.3) is 5.91 Å². The van der Waals surface area contributed by atoms with Crippen LogP contribution in [0.15, 0.2) is 53.5 Å². The molecule has 7 nitrogen and oxygen atoms in total. The minimum atomic E-state index is -3.11. The molecular weight excluding hydrogens is 424 g/mol. The van der Waals surface area contributed by atoms with Crippen LogP contribution in [0, 0.1) is 0 Å². The highest BCUT2D eigenvalue weighted by atomic mass is 32.2. The van der Waals surface area contributed by atoms with Crippen molar-refractivity contribution < 1.29 is 22.7 Å². The van der Waals surface area contributed by atoms with Crippen LogP contribution in [0.3, 0.4) is 0 Å². The number of rotatable bonds is 5. The molecule has 2 atom stereocenters. The highest BCUT2D eigenvalue weighted by Crippen LogP contribution is 2.41. The highest BCUT2D eigenvalue weighted by molar-refractivity contribution is 8.16. The van der Waals surface area contributed by atoms with E-state index in [4.69, 9.17) is 9.47 Å². The topological polar surface area (TPSA) is 85.3 Å². The number of methoxy groups -OCH3 is 2. The third-order valence-corrected chi connectivity index (χ3v) is 8.38. The van der Waals surface area contributed by atoms with Gasteiger partial charge in [-0.2, -0.15) is 4.99 Å². The number of amides is 1. The molecule has 1 amide bonds. The van der Waals surface area contributed by atoms with E-state index in [-0.39, 0.29) is 35.1 Å². The zero-order valence-corrected chi connectivity index (χ0v) is 18.3. The second-order valence-electron chi connectivity index (χ2n) is 7.15. The maximum Gasteiger partial charge on any atom is 0.252 e. The molecule has 9 heteroatoms. The lowest BCUT2D eigenvalue weighted by molar-refractivity contribution is -0.117. The van der Waals surface area contributed by atoms with Gasteiger partial charge in [0.05, 0.1) is 38.2 Å². The molecule has 0 radical (unpaired) electrons. The summed E-state index contributed by atoms with van der Waals surface area (Å²) in [4.78, 5) is 19.0. The molecule has 0 unspecified atom stereocenters. The predicted molar refractivity (Wildman–Crippen MR) is 118 cm³/mol. The Labute approximate surface area is 180 Å². The Morgan fingerprint density at radius 1 is 1.10 bits per heavy atom. The highest BCUT2D eigenvalue weighted by Gasteiger charge is 2.49. The van der Waals surface area contributed by atoms with Gasteiger partial charge in [-0.25, -0.2) is 8.42 Å². The number of hydrogen-bond acceptors (Lipinski definition) is 6. The molecule has 2 aromatic carbocycles. The zero-order valence-electron chi connectivity index (χ0n) is 16.6. The molecule has 0 aliphatic carbocycles. The van der Waals surface area contributed by atoms with E-state index in [0.717, 1.165) is 11.3 Å².